The van der Waals surface area contributed by atoms with E-state index in [2.05, 4.69) is 37.8 Å². The third-order valence-corrected chi connectivity index (χ3v) is 2.95. The number of rotatable bonds is 4. The van der Waals surface area contributed by atoms with E-state index in [1.54, 1.807) is 26.1 Å². The molecule has 1 aliphatic heterocycles. The van der Waals surface area contributed by atoms with E-state index in [0.29, 0.717) is 35.3 Å². The molecule has 4 N–H and O–H groups in total. The van der Waals surface area contributed by atoms with Crippen molar-refractivity contribution in [3.63, 3.8) is 0 Å². The molecule has 2 rings (SSSR count). The highest BCUT2D eigenvalue weighted by molar-refractivity contribution is 6.14. The van der Waals surface area contributed by atoms with Crippen LogP contribution in [0.1, 0.15) is 13.3 Å². The molecule has 2 amide bonds. The molecule has 0 aliphatic carbocycles. The van der Waals surface area contributed by atoms with Crippen LogP contribution in [-0.2, 0) is 9.59 Å². The largest absolute Gasteiger partial charge is 0.358 e. The highest BCUT2D eigenvalue weighted by Crippen LogP contribution is 2.27. The fraction of sp³-hybridized carbons (Fsp3) is 0.286. The smallest absolute Gasteiger partial charge is 0.241 e. The van der Waals surface area contributed by atoms with E-state index >= 15 is 0 Å². The summed E-state index contributed by atoms with van der Waals surface area (Å²) < 4.78 is 0. The first-order chi connectivity index (χ1) is 10.5. The van der Waals surface area contributed by atoms with Crippen LogP contribution in [0.25, 0.3) is 0 Å². The lowest BCUT2D eigenvalue weighted by Crippen LogP contribution is -2.28. The Morgan fingerprint density at radius 2 is 2.09 bits per heavy atom. The number of fused-ring (bicyclic) bond motifs is 1. The molecule has 8 nitrogen and oxygen atoms in total. The highest BCUT2D eigenvalue weighted by Gasteiger charge is 2.18. The van der Waals surface area contributed by atoms with Crippen molar-refractivity contribution in [2.45, 2.75) is 13.3 Å². The molecule has 0 fully saturated rings. The maximum absolute atomic E-state index is 11.4. The average Bonchev–Trinajstić information content (AvgIpc) is 2.52. The molecule has 2 heterocycles. The van der Waals surface area contributed by atoms with Gasteiger partial charge in [-0.1, -0.05) is 13.5 Å². The quantitative estimate of drug-likeness (QED) is 0.661. The first-order valence-corrected chi connectivity index (χ1v) is 6.82. The van der Waals surface area contributed by atoms with Crippen LogP contribution >= 0.6 is 0 Å². The van der Waals surface area contributed by atoms with Gasteiger partial charge in [-0.25, -0.2) is 4.98 Å². The van der Waals surface area contributed by atoms with Gasteiger partial charge >= 0.3 is 0 Å². The molecule has 116 valence electrons. The van der Waals surface area contributed by atoms with Crippen LogP contribution in [0.4, 0.5) is 17.3 Å². The number of likely N-dealkylation sites (N-methyl/N-ethyl adjacent to an activating group) is 1. The van der Waals surface area contributed by atoms with Crippen molar-refractivity contribution in [2.24, 2.45) is 4.99 Å². The molecule has 0 atom stereocenters. The number of hydrogen-bond donors (Lipinski definition) is 4. The maximum atomic E-state index is 11.4. The van der Waals surface area contributed by atoms with E-state index in [9.17, 15) is 9.59 Å². The molecule has 0 spiro atoms. The predicted molar refractivity (Wildman–Crippen MR) is 85.9 cm³/mol. The Hall–Kier alpha value is -2.90. The molecule has 1 aromatic rings. The molecule has 0 saturated heterocycles. The fourth-order valence-corrected chi connectivity index (χ4v) is 1.73. The Morgan fingerprint density at radius 3 is 2.77 bits per heavy atom. The Balaban J connectivity index is 2.16. The van der Waals surface area contributed by atoms with E-state index < -0.39 is 0 Å². The number of hydrogen-bond acceptors (Lipinski definition) is 5. The predicted octanol–water partition coefficient (Wildman–Crippen LogP) is 0.926. The van der Waals surface area contributed by atoms with Crippen LogP contribution in [0, 0.1) is 0 Å². The summed E-state index contributed by atoms with van der Waals surface area (Å²) in [7, 11) is 1.55. The van der Waals surface area contributed by atoms with Crippen LogP contribution in [-0.4, -0.2) is 36.2 Å². The van der Waals surface area contributed by atoms with Gasteiger partial charge in [0.2, 0.25) is 11.8 Å². The number of amides is 2. The second-order valence-corrected chi connectivity index (χ2v) is 4.56. The fourth-order valence-electron chi connectivity index (χ4n) is 1.73. The molecule has 0 radical (unpaired) electrons. The molecular formula is C14H18N6O2. The molecular weight excluding hydrogens is 284 g/mol. The minimum Gasteiger partial charge on any atom is -0.358 e. The summed E-state index contributed by atoms with van der Waals surface area (Å²) in [6, 6.07) is 3.45. The van der Waals surface area contributed by atoms with Gasteiger partial charge in [0, 0.05) is 13.5 Å². The standard InChI is InChI=1S/C14H18N6O2/c1-4-11(21)19-10-6-5-9-14(20-10)17-8(2)13(18-9)16-7-12(22)15-3/h5-6H,2,4,7H2,1,3H3,(H,15,22)(H,16,18)(H2,17,19,20,21). The third-order valence-electron chi connectivity index (χ3n) is 2.95. The van der Waals surface area contributed by atoms with E-state index in [4.69, 9.17) is 0 Å². The van der Waals surface area contributed by atoms with Gasteiger partial charge in [-0.15, -0.1) is 0 Å². The van der Waals surface area contributed by atoms with Crippen LogP contribution in [0.15, 0.2) is 29.4 Å². The minimum atomic E-state index is -0.191. The number of amidine groups is 1. The number of carbonyl (C=O) groups is 2. The van der Waals surface area contributed by atoms with Gasteiger partial charge in [0.25, 0.3) is 0 Å². The zero-order valence-corrected chi connectivity index (χ0v) is 12.5. The molecule has 0 unspecified atom stereocenters. The van der Waals surface area contributed by atoms with Gasteiger partial charge in [0.15, 0.2) is 5.82 Å². The van der Waals surface area contributed by atoms with Crippen LogP contribution in [0.5, 0.6) is 0 Å². The van der Waals surface area contributed by atoms with Crippen molar-refractivity contribution in [1.82, 2.24) is 10.3 Å². The number of pyridine rings is 1. The van der Waals surface area contributed by atoms with E-state index in [0.717, 1.165) is 0 Å². The molecule has 0 saturated carbocycles. The van der Waals surface area contributed by atoms with Crippen molar-refractivity contribution in [3.8, 4) is 0 Å². The summed E-state index contributed by atoms with van der Waals surface area (Å²) >= 11 is 0. The molecule has 22 heavy (non-hydrogen) atoms. The molecule has 0 bridgehead atoms. The minimum absolute atomic E-state index is 0.00688. The SMILES string of the molecule is C=C1Nc2nc(NC(=O)CC)ccc2NC1=NCC(=O)NC. The first kappa shape index (κ1) is 15.5. The monoisotopic (exact) mass is 302 g/mol. The molecule has 1 aromatic heterocycles. The first-order valence-electron chi connectivity index (χ1n) is 6.82. The summed E-state index contributed by atoms with van der Waals surface area (Å²) in [5.74, 6) is 1.17. The topological polar surface area (TPSA) is 108 Å². The summed E-state index contributed by atoms with van der Waals surface area (Å²) in [5.41, 5.74) is 1.19. The number of nitrogens with one attached hydrogen (secondary N) is 4. The third kappa shape index (κ3) is 3.60. The van der Waals surface area contributed by atoms with Gasteiger partial charge in [-0.3, -0.25) is 14.6 Å². The lowest BCUT2D eigenvalue weighted by molar-refractivity contribution is -0.119. The van der Waals surface area contributed by atoms with Gasteiger partial charge in [-0.05, 0) is 12.1 Å². The molecule has 0 aromatic carbocycles. The number of nitrogens with zero attached hydrogens (tertiary/aromatic N) is 2. The Kier molecular flexibility index (Phi) is 4.72. The highest BCUT2D eigenvalue weighted by atomic mass is 16.2. The maximum Gasteiger partial charge on any atom is 0.241 e. The summed E-state index contributed by atoms with van der Waals surface area (Å²) in [4.78, 5) is 31.1. The van der Waals surface area contributed by atoms with Gasteiger partial charge in [0.05, 0.1) is 11.4 Å². The Labute approximate surface area is 128 Å². The van der Waals surface area contributed by atoms with Gasteiger partial charge in [0.1, 0.15) is 18.2 Å². The van der Waals surface area contributed by atoms with E-state index in [1.165, 1.54) is 0 Å². The number of aliphatic imine (C=N–C) groups is 1. The van der Waals surface area contributed by atoms with Crippen molar-refractivity contribution >= 4 is 35.0 Å². The molecule has 8 heteroatoms. The normalized spacial score (nSPS) is 14.6. The van der Waals surface area contributed by atoms with Crippen molar-refractivity contribution in [3.05, 3.63) is 24.4 Å². The van der Waals surface area contributed by atoms with Crippen molar-refractivity contribution in [2.75, 3.05) is 29.5 Å². The summed E-state index contributed by atoms with van der Waals surface area (Å²) in [5, 5.41) is 11.2. The van der Waals surface area contributed by atoms with Crippen molar-refractivity contribution in [1.29, 1.82) is 0 Å². The van der Waals surface area contributed by atoms with E-state index in [1.807, 2.05) is 0 Å². The molecule has 1 aliphatic rings. The Morgan fingerprint density at radius 1 is 1.32 bits per heavy atom. The second kappa shape index (κ2) is 6.70. The van der Waals surface area contributed by atoms with Gasteiger partial charge < -0.3 is 21.3 Å². The summed E-state index contributed by atoms with van der Waals surface area (Å²) in [6.07, 6.45) is 0.382. The van der Waals surface area contributed by atoms with Crippen LogP contribution < -0.4 is 21.3 Å². The summed E-state index contributed by atoms with van der Waals surface area (Å²) in [6.45, 7) is 5.62. The average molecular weight is 302 g/mol. The van der Waals surface area contributed by atoms with Crippen molar-refractivity contribution < 1.29 is 9.59 Å². The number of anilines is 3. The zero-order valence-electron chi connectivity index (χ0n) is 12.5. The lowest BCUT2D eigenvalue weighted by Gasteiger charge is -2.23. The van der Waals surface area contributed by atoms with Crippen LogP contribution in [0.2, 0.25) is 0 Å². The Bertz CT molecular complexity index is 653. The number of carbonyl (C=O) groups excluding carboxylic acids is 2. The number of aromatic nitrogens is 1. The van der Waals surface area contributed by atoms with Gasteiger partial charge in [-0.2, -0.15) is 0 Å². The zero-order chi connectivity index (χ0) is 16.1. The van der Waals surface area contributed by atoms with E-state index in [-0.39, 0.29) is 18.4 Å². The lowest BCUT2D eigenvalue weighted by atomic mass is 10.2. The van der Waals surface area contributed by atoms with Crippen LogP contribution in [0.3, 0.4) is 0 Å². The second-order valence-electron chi connectivity index (χ2n) is 4.56.